The summed E-state index contributed by atoms with van der Waals surface area (Å²) in [5.74, 6) is 0.423. The van der Waals surface area contributed by atoms with Crippen molar-refractivity contribution in [3.8, 4) is 5.75 Å². The zero-order valence-electron chi connectivity index (χ0n) is 25.2. The van der Waals surface area contributed by atoms with Gasteiger partial charge >= 0.3 is 13.7 Å². The minimum atomic E-state index is -4.37. The van der Waals surface area contributed by atoms with Crippen LogP contribution >= 0.6 is 7.75 Å². The van der Waals surface area contributed by atoms with Gasteiger partial charge in [0.25, 0.3) is 0 Å². The third-order valence-electron chi connectivity index (χ3n) is 7.17. The Bertz CT molecular complexity index is 1710. The van der Waals surface area contributed by atoms with Crippen molar-refractivity contribution in [1.82, 2.24) is 24.6 Å². The monoisotopic (exact) mass is 630 g/mol. The third kappa shape index (κ3) is 6.26. The van der Waals surface area contributed by atoms with Gasteiger partial charge in [0.1, 0.15) is 29.8 Å². The van der Waals surface area contributed by atoms with E-state index in [-0.39, 0.29) is 5.75 Å². The van der Waals surface area contributed by atoms with Gasteiger partial charge in [-0.3, -0.25) is 13.9 Å². The van der Waals surface area contributed by atoms with Crippen LogP contribution in [0.4, 0.5) is 10.2 Å². The number of carbonyl (C=O) groups is 1. The predicted molar refractivity (Wildman–Crippen MR) is 161 cm³/mol. The van der Waals surface area contributed by atoms with E-state index >= 15 is 4.39 Å². The van der Waals surface area contributed by atoms with Gasteiger partial charge in [0.15, 0.2) is 28.9 Å². The van der Waals surface area contributed by atoms with Crippen LogP contribution in [0, 0.1) is 6.92 Å². The molecule has 0 bridgehead atoms. The number of anilines is 1. The van der Waals surface area contributed by atoms with Crippen molar-refractivity contribution < 1.29 is 37.4 Å². The van der Waals surface area contributed by atoms with Crippen molar-refractivity contribution >= 4 is 41.5 Å². The Balaban J connectivity index is 1.42. The molecule has 0 spiro atoms. The summed E-state index contributed by atoms with van der Waals surface area (Å²) in [6.07, 6.45) is -3.41. The molecule has 1 saturated heterocycles. The maximum absolute atomic E-state index is 16.2. The molecule has 3 N–H and O–H groups in total. The fourth-order valence-corrected chi connectivity index (χ4v) is 6.53. The number of esters is 1. The zero-order chi connectivity index (χ0) is 31.8. The van der Waals surface area contributed by atoms with Crippen LogP contribution in [0.3, 0.4) is 0 Å². The Morgan fingerprint density at radius 1 is 1.20 bits per heavy atom. The minimum absolute atomic E-state index is 0.227. The molecule has 0 saturated carbocycles. The molecule has 1 fully saturated rings. The number of ether oxygens (including phenoxy) is 2. The molecule has 0 aliphatic carbocycles. The van der Waals surface area contributed by atoms with Crippen molar-refractivity contribution in [3.05, 3.63) is 54.6 Å². The van der Waals surface area contributed by atoms with Crippen LogP contribution in [-0.2, 0) is 23.4 Å². The maximum Gasteiger partial charge on any atom is 0.459 e. The van der Waals surface area contributed by atoms with E-state index in [1.807, 2.05) is 18.2 Å². The van der Waals surface area contributed by atoms with Crippen LogP contribution in [0.2, 0.25) is 0 Å². The van der Waals surface area contributed by atoms with Crippen LogP contribution in [0.25, 0.3) is 21.9 Å². The van der Waals surface area contributed by atoms with Gasteiger partial charge in [0.05, 0.1) is 19.0 Å². The summed E-state index contributed by atoms with van der Waals surface area (Å²) in [6.45, 7) is 7.15. The molecule has 0 radical (unpaired) electrons. The first-order chi connectivity index (χ1) is 20.8. The number of nitrogens with one attached hydrogen (secondary N) is 2. The molecule has 4 aromatic rings. The second-order valence-electron chi connectivity index (χ2n) is 11.0. The first-order valence-corrected chi connectivity index (χ1v) is 15.7. The van der Waals surface area contributed by atoms with Crippen molar-refractivity contribution in [2.24, 2.45) is 0 Å². The highest BCUT2D eigenvalue weighted by atomic mass is 31.2. The smallest absolute Gasteiger partial charge is 0.459 e. The van der Waals surface area contributed by atoms with E-state index in [0.717, 1.165) is 5.39 Å². The number of benzene rings is 2. The van der Waals surface area contributed by atoms with Crippen molar-refractivity contribution in [3.63, 3.8) is 0 Å². The minimum Gasteiger partial charge on any atom is -0.462 e. The Morgan fingerprint density at radius 3 is 2.66 bits per heavy atom. The topological polar surface area (TPSA) is 159 Å². The van der Waals surface area contributed by atoms with Crippen molar-refractivity contribution in [2.45, 2.75) is 70.9 Å². The Labute approximate surface area is 253 Å². The molecule has 6 atom stereocenters. The van der Waals surface area contributed by atoms with Gasteiger partial charge in [-0.25, -0.2) is 23.9 Å². The molecule has 3 heterocycles. The molecule has 236 valence electrons. The van der Waals surface area contributed by atoms with E-state index < -0.39 is 56.6 Å². The summed E-state index contributed by atoms with van der Waals surface area (Å²) < 4.78 is 54.7. The highest BCUT2D eigenvalue weighted by Gasteiger charge is 2.56. The summed E-state index contributed by atoms with van der Waals surface area (Å²) in [7, 11) is -2.69. The van der Waals surface area contributed by atoms with Crippen LogP contribution in [0.1, 0.15) is 39.7 Å². The summed E-state index contributed by atoms with van der Waals surface area (Å²) in [6, 6.07) is 11.4. The molecule has 44 heavy (non-hydrogen) atoms. The second-order valence-corrected chi connectivity index (χ2v) is 12.7. The normalized spacial score (nSPS) is 24.0. The van der Waals surface area contributed by atoms with Crippen LogP contribution < -0.4 is 14.9 Å². The molecule has 2 aromatic carbocycles. The number of aliphatic hydroxyl groups excluding tert-OH is 1. The number of imidazole rings is 1. The number of aromatic nitrogens is 4. The van der Waals surface area contributed by atoms with Gasteiger partial charge in [-0.1, -0.05) is 36.4 Å². The van der Waals surface area contributed by atoms with Crippen LogP contribution in [-0.4, -0.2) is 74.3 Å². The summed E-state index contributed by atoms with van der Waals surface area (Å²) >= 11 is 0. The fourth-order valence-electron chi connectivity index (χ4n) is 5.01. The zero-order valence-corrected chi connectivity index (χ0v) is 26.1. The molecule has 0 amide bonds. The molecule has 13 nitrogen and oxygen atoms in total. The number of hydrogen-bond donors (Lipinski definition) is 3. The van der Waals surface area contributed by atoms with Gasteiger partial charge in [-0.2, -0.15) is 5.09 Å². The predicted octanol–water partition coefficient (Wildman–Crippen LogP) is 4.45. The number of halogens is 1. The second kappa shape index (κ2) is 12.4. The van der Waals surface area contributed by atoms with Gasteiger partial charge in [-0.15, -0.1) is 0 Å². The highest BCUT2D eigenvalue weighted by Crippen LogP contribution is 2.49. The van der Waals surface area contributed by atoms with Crippen LogP contribution in [0.5, 0.6) is 5.75 Å². The number of aryl methyl sites for hydroxylation is 1. The largest absolute Gasteiger partial charge is 0.462 e. The molecule has 1 aliphatic heterocycles. The lowest BCUT2D eigenvalue weighted by Gasteiger charge is -2.26. The molecule has 1 aliphatic rings. The number of aliphatic hydroxyl groups is 1. The average Bonchev–Trinajstić information content (AvgIpc) is 3.48. The number of nitrogens with zero attached hydrogens (tertiary/aromatic N) is 4. The molecule has 0 unspecified atom stereocenters. The number of carbonyl (C=O) groups excluding carboxylic acids is 1. The molecule has 15 heteroatoms. The molecular formula is C29H36FN6O7P. The van der Waals surface area contributed by atoms with E-state index in [2.05, 4.69) is 25.4 Å². The number of fused-ring (bicyclic) bond motifs is 2. The van der Waals surface area contributed by atoms with Gasteiger partial charge in [0.2, 0.25) is 0 Å². The number of alkyl halides is 1. The van der Waals surface area contributed by atoms with E-state index in [4.69, 9.17) is 18.5 Å². The molecular weight excluding hydrogens is 594 g/mol. The third-order valence-corrected chi connectivity index (χ3v) is 8.80. The Morgan fingerprint density at radius 2 is 1.93 bits per heavy atom. The van der Waals surface area contributed by atoms with E-state index in [9.17, 15) is 14.5 Å². The SMILES string of the molecule is CNc1nc(C)nc2c1ncn2[C@@H]1O[C@H](CO[P@](=O)(N[C@@H](C)C(=O)OC(C)C)Oc2cccc3ccccc23)[C@@H](O)[C@@]1(C)F. The summed E-state index contributed by atoms with van der Waals surface area (Å²) in [4.78, 5) is 25.6. The Hall–Kier alpha value is -3.68. The summed E-state index contributed by atoms with van der Waals surface area (Å²) in [5, 5.41) is 18.1. The van der Waals surface area contributed by atoms with Gasteiger partial charge in [0, 0.05) is 12.4 Å². The van der Waals surface area contributed by atoms with E-state index in [1.54, 1.807) is 52.1 Å². The van der Waals surface area contributed by atoms with Crippen LogP contribution in [0.15, 0.2) is 48.8 Å². The summed E-state index contributed by atoms with van der Waals surface area (Å²) in [5.41, 5.74) is -1.64. The van der Waals surface area contributed by atoms with Crippen molar-refractivity contribution in [1.29, 1.82) is 0 Å². The quantitative estimate of drug-likeness (QED) is 0.158. The average molecular weight is 631 g/mol. The lowest BCUT2D eigenvalue weighted by atomic mass is 9.98. The van der Waals surface area contributed by atoms with Gasteiger partial charge in [-0.05, 0) is 46.1 Å². The molecule has 2 aromatic heterocycles. The Kier molecular flexibility index (Phi) is 8.92. The first-order valence-electron chi connectivity index (χ1n) is 14.1. The molecule has 5 rings (SSSR count). The number of rotatable bonds is 11. The van der Waals surface area contributed by atoms with Gasteiger partial charge < -0.3 is 24.4 Å². The van der Waals surface area contributed by atoms with E-state index in [0.29, 0.717) is 28.2 Å². The standard InChI is InChI=1S/C29H36FN6O7P/c1-16(2)41-27(38)17(3)35-44(39,43-21-13-9-11-19-10-7-8-12-20(19)21)40-14-22-24(37)29(5,30)28(42-22)36-15-32-23-25(31-6)33-18(4)34-26(23)36/h7-13,15-17,22,24,28,37H,14H2,1-6H3,(H,35,39)(H,31,33,34)/t17-,22+,24+,28+,29+,44+/m0/s1. The van der Waals surface area contributed by atoms with E-state index in [1.165, 1.54) is 24.7 Å². The fraction of sp³-hybridized carbons (Fsp3) is 0.448. The first kappa shape index (κ1) is 31.7. The highest BCUT2D eigenvalue weighted by molar-refractivity contribution is 7.52. The number of hydrogen-bond acceptors (Lipinski definition) is 11. The van der Waals surface area contributed by atoms with Crippen molar-refractivity contribution in [2.75, 3.05) is 19.0 Å². The lowest BCUT2D eigenvalue weighted by molar-refractivity contribution is -0.149. The maximum atomic E-state index is 16.2. The lowest BCUT2D eigenvalue weighted by Crippen LogP contribution is -2.41.